The number of halogens is 3. The molecule has 1 amide bonds. The molecule has 23 heavy (non-hydrogen) atoms. The van der Waals surface area contributed by atoms with Crippen molar-refractivity contribution >= 4 is 5.91 Å². The van der Waals surface area contributed by atoms with Gasteiger partial charge in [0, 0.05) is 12.6 Å². The Bertz CT molecular complexity index is 568. The Labute approximate surface area is 132 Å². The van der Waals surface area contributed by atoms with Gasteiger partial charge in [0.25, 0.3) is 0 Å². The first-order chi connectivity index (χ1) is 10.8. The lowest BCUT2D eigenvalue weighted by molar-refractivity contribution is -0.137. The number of aliphatic hydroxyl groups excluding tert-OH is 1. The normalized spacial score (nSPS) is 13.4. The van der Waals surface area contributed by atoms with E-state index in [2.05, 4.69) is 5.32 Å². The van der Waals surface area contributed by atoms with E-state index < -0.39 is 17.8 Å². The minimum Gasteiger partial charge on any atom is -0.491 e. The smallest absolute Gasteiger partial charge is 0.416 e. The van der Waals surface area contributed by atoms with Gasteiger partial charge in [-0.15, -0.1) is 0 Å². The summed E-state index contributed by atoms with van der Waals surface area (Å²) in [7, 11) is 0. The van der Waals surface area contributed by atoms with Crippen molar-refractivity contribution in [3.63, 3.8) is 0 Å². The molecule has 4 nitrogen and oxygen atoms in total. The molecule has 0 fully saturated rings. The first-order valence-corrected chi connectivity index (χ1v) is 6.88. The Morgan fingerprint density at radius 2 is 2.13 bits per heavy atom. The number of benzene rings is 1. The largest absolute Gasteiger partial charge is 0.491 e. The molecule has 0 saturated heterocycles. The summed E-state index contributed by atoms with van der Waals surface area (Å²) in [5, 5.41) is 12.1. The van der Waals surface area contributed by atoms with Gasteiger partial charge in [0.05, 0.1) is 5.56 Å². The summed E-state index contributed by atoms with van der Waals surface area (Å²) in [4.78, 5) is 11.3. The van der Waals surface area contributed by atoms with Crippen molar-refractivity contribution in [2.24, 2.45) is 0 Å². The minimum atomic E-state index is -4.45. The van der Waals surface area contributed by atoms with E-state index in [1.165, 1.54) is 18.2 Å². The molecule has 1 atom stereocenters. The molecule has 0 aliphatic carbocycles. The molecule has 0 radical (unpaired) electrons. The molecule has 1 aromatic carbocycles. The van der Waals surface area contributed by atoms with E-state index >= 15 is 0 Å². The van der Waals surface area contributed by atoms with Gasteiger partial charge in [-0.2, -0.15) is 13.2 Å². The highest BCUT2D eigenvalue weighted by molar-refractivity contribution is 5.87. The third-order valence-corrected chi connectivity index (χ3v) is 2.67. The fourth-order valence-electron chi connectivity index (χ4n) is 1.54. The molecule has 1 aromatic rings. The van der Waals surface area contributed by atoms with Crippen LogP contribution in [0.3, 0.4) is 0 Å². The fourth-order valence-corrected chi connectivity index (χ4v) is 1.54. The fraction of sp³-hybridized carbons (Fsp3) is 0.312. The predicted molar refractivity (Wildman–Crippen MR) is 79.9 cm³/mol. The molecular weight excluding hydrogens is 311 g/mol. The standard InChI is InChI=1S/C16H18F3NO3/c1-2-3-4-8-15(22)20-10-13(21)11-23-14-7-5-6-12(9-14)16(17,18)19/h2-9,13,21H,10-11H2,1H3,(H,20,22). The molecular formula is C16H18F3NO3. The van der Waals surface area contributed by atoms with Crippen molar-refractivity contribution in [1.29, 1.82) is 0 Å². The summed E-state index contributed by atoms with van der Waals surface area (Å²) in [5.41, 5.74) is -0.827. The van der Waals surface area contributed by atoms with E-state index in [1.807, 2.05) is 0 Å². The maximum absolute atomic E-state index is 12.5. The molecule has 126 valence electrons. The van der Waals surface area contributed by atoms with Crippen LogP contribution in [0.1, 0.15) is 12.5 Å². The van der Waals surface area contributed by atoms with Gasteiger partial charge in [-0.1, -0.05) is 24.3 Å². The highest BCUT2D eigenvalue weighted by Crippen LogP contribution is 2.31. The molecule has 0 bridgehead atoms. The molecule has 0 aliphatic heterocycles. The summed E-state index contributed by atoms with van der Waals surface area (Å²) in [5.74, 6) is -0.389. The van der Waals surface area contributed by atoms with Crippen LogP contribution in [0.4, 0.5) is 13.2 Å². The van der Waals surface area contributed by atoms with E-state index in [9.17, 15) is 23.1 Å². The lowest BCUT2D eigenvalue weighted by Crippen LogP contribution is -2.34. The number of hydrogen-bond donors (Lipinski definition) is 2. The second-order valence-electron chi connectivity index (χ2n) is 4.62. The van der Waals surface area contributed by atoms with Gasteiger partial charge in [-0.3, -0.25) is 4.79 Å². The van der Waals surface area contributed by atoms with Crippen LogP contribution < -0.4 is 10.1 Å². The summed E-state index contributed by atoms with van der Waals surface area (Å²) in [6.07, 6.45) is 0.768. The number of nitrogens with one attached hydrogen (secondary N) is 1. The highest BCUT2D eigenvalue weighted by Gasteiger charge is 2.30. The van der Waals surface area contributed by atoms with Crippen molar-refractivity contribution < 1.29 is 27.8 Å². The second-order valence-corrected chi connectivity index (χ2v) is 4.62. The Morgan fingerprint density at radius 1 is 1.39 bits per heavy atom. The average molecular weight is 329 g/mol. The van der Waals surface area contributed by atoms with E-state index in [1.54, 1.807) is 25.2 Å². The topological polar surface area (TPSA) is 58.6 Å². The van der Waals surface area contributed by atoms with Crippen molar-refractivity contribution in [3.8, 4) is 5.75 Å². The SMILES string of the molecule is CC=CC=CC(=O)NCC(O)COc1cccc(C(F)(F)F)c1. The zero-order valence-corrected chi connectivity index (χ0v) is 12.5. The zero-order valence-electron chi connectivity index (χ0n) is 12.5. The number of alkyl halides is 3. The molecule has 0 aliphatic rings. The van der Waals surface area contributed by atoms with Gasteiger partial charge in [-0.25, -0.2) is 0 Å². The van der Waals surface area contributed by atoms with Crippen LogP contribution in [-0.4, -0.2) is 30.3 Å². The molecule has 0 aromatic heterocycles. The third-order valence-electron chi connectivity index (χ3n) is 2.67. The monoisotopic (exact) mass is 329 g/mol. The number of carbonyl (C=O) groups excluding carboxylic acids is 1. The van der Waals surface area contributed by atoms with Crippen LogP contribution >= 0.6 is 0 Å². The van der Waals surface area contributed by atoms with Crippen molar-refractivity contribution in [1.82, 2.24) is 5.32 Å². The van der Waals surface area contributed by atoms with Gasteiger partial charge in [0.2, 0.25) is 5.91 Å². The number of carbonyl (C=O) groups is 1. The number of hydrogen-bond acceptors (Lipinski definition) is 3. The summed E-state index contributed by atoms with van der Waals surface area (Å²) in [6.45, 7) is 1.50. The first kappa shape index (κ1) is 18.8. The molecule has 0 spiro atoms. The van der Waals surface area contributed by atoms with Gasteiger partial charge in [-0.05, 0) is 25.1 Å². The highest BCUT2D eigenvalue weighted by atomic mass is 19.4. The number of amides is 1. The van der Waals surface area contributed by atoms with E-state index in [0.29, 0.717) is 0 Å². The molecule has 7 heteroatoms. The Morgan fingerprint density at radius 3 is 2.78 bits per heavy atom. The Balaban J connectivity index is 2.42. The van der Waals surface area contributed by atoms with Gasteiger partial charge >= 0.3 is 6.18 Å². The minimum absolute atomic E-state index is 0.00168. The van der Waals surface area contributed by atoms with E-state index in [0.717, 1.165) is 12.1 Å². The van der Waals surface area contributed by atoms with Crippen LogP contribution in [-0.2, 0) is 11.0 Å². The van der Waals surface area contributed by atoms with Gasteiger partial charge in [0.1, 0.15) is 18.5 Å². The zero-order chi connectivity index (χ0) is 17.3. The number of rotatable bonds is 7. The lowest BCUT2D eigenvalue weighted by Gasteiger charge is -2.14. The number of ether oxygens (including phenoxy) is 1. The average Bonchev–Trinajstić information content (AvgIpc) is 2.50. The second kappa shape index (κ2) is 8.99. The molecule has 0 saturated carbocycles. The maximum Gasteiger partial charge on any atom is 0.416 e. The summed E-state index contributed by atoms with van der Waals surface area (Å²) < 4.78 is 42.7. The molecule has 0 heterocycles. The Hall–Kier alpha value is -2.28. The first-order valence-electron chi connectivity index (χ1n) is 6.88. The summed E-state index contributed by atoms with van der Waals surface area (Å²) >= 11 is 0. The van der Waals surface area contributed by atoms with Crippen LogP contribution in [0.5, 0.6) is 5.75 Å². The van der Waals surface area contributed by atoms with Crippen LogP contribution in [0.2, 0.25) is 0 Å². The molecule has 1 rings (SSSR count). The maximum atomic E-state index is 12.5. The van der Waals surface area contributed by atoms with Crippen molar-refractivity contribution in [3.05, 3.63) is 54.1 Å². The number of aliphatic hydroxyl groups is 1. The van der Waals surface area contributed by atoms with E-state index in [4.69, 9.17) is 4.74 Å². The summed E-state index contributed by atoms with van der Waals surface area (Å²) in [6, 6.07) is 4.37. The van der Waals surface area contributed by atoms with Crippen molar-refractivity contribution in [2.75, 3.05) is 13.2 Å². The molecule has 2 N–H and O–H groups in total. The lowest BCUT2D eigenvalue weighted by atomic mass is 10.2. The van der Waals surface area contributed by atoms with Crippen molar-refractivity contribution in [2.45, 2.75) is 19.2 Å². The van der Waals surface area contributed by atoms with Crippen LogP contribution in [0.25, 0.3) is 0 Å². The van der Waals surface area contributed by atoms with Crippen LogP contribution in [0.15, 0.2) is 48.6 Å². The van der Waals surface area contributed by atoms with Gasteiger partial charge in [0.15, 0.2) is 0 Å². The quantitative estimate of drug-likeness (QED) is 0.597. The Kier molecular flexibility index (Phi) is 7.34. The van der Waals surface area contributed by atoms with E-state index in [-0.39, 0.29) is 24.8 Å². The molecule has 1 unspecified atom stereocenters. The third kappa shape index (κ3) is 7.51. The van der Waals surface area contributed by atoms with Gasteiger partial charge < -0.3 is 15.2 Å². The van der Waals surface area contributed by atoms with Crippen LogP contribution in [0, 0.1) is 0 Å². The number of allylic oxidation sites excluding steroid dienone is 3. The predicted octanol–water partition coefficient (Wildman–Crippen LogP) is 2.69.